The van der Waals surface area contributed by atoms with Crippen molar-refractivity contribution in [3.8, 4) is 0 Å². The summed E-state index contributed by atoms with van der Waals surface area (Å²) >= 11 is 0. The molecule has 0 unspecified atom stereocenters. The van der Waals surface area contributed by atoms with Gasteiger partial charge in [-0.2, -0.15) is 0 Å². The first kappa shape index (κ1) is 23.3. The predicted octanol–water partition coefficient (Wildman–Crippen LogP) is 4.04. The van der Waals surface area contributed by atoms with Crippen LogP contribution < -0.4 is 0 Å². The van der Waals surface area contributed by atoms with Gasteiger partial charge in [0.05, 0.1) is 19.1 Å². The highest BCUT2D eigenvalue weighted by Crippen LogP contribution is 2.44. The Balaban J connectivity index is 5.84. The molecule has 0 saturated heterocycles. The van der Waals surface area contributed by atoms with E-state index < -0.39 is 20.3 Å². The van der Waals surface area contributed by atoms with Gasteiger partial charge in [0.15, 0.2) is 0 Å². The summed E-state index contributed by atoms with van der Waals surface area (Å²) in [6, 6.07) is 0. The molecule has 0 fully saturated rings. The van der Waals surface area contributed by atoms with Crippen LogP contribution in [-0.4, -0.2) is 45.8 Å². The minimum absolute atomic E-state index is 0.171. The zero-order valence-electron chi connectivity index (χ0n) is 17.1. The highest BCUT2D eigenvalue weighted by Gasteiger charge is 2.48. The lowest BCUT2D eigenvalue weighted by Crippen LogP contribution is -2.54. The third kappa shape index (κ3) is 4.89. The number of carbonyl (C=O) groups is 2. The summed E-state index contributed by atoms with van der Waals surface area (Å²) in [4.78, 5) is 29.1. The van der Waals surface area contributed by atoms with Crippen LogP contribution in [0.1, 0.15) is 55.4 Å². The van der Waals surface area contributed by atoms with E-state index in [9.17, 15) is 9.59 Å². The first-order valence-electron chi connectivity index (χ1n) is 8.91. The zero-order valence-corrected chi connectivity index (χ0v) is 18.1. The number of hydrogen-bond donors (Lipinski definition) is 0. The summed E-state index contributed by atoms with van der Waals surface area (Å²) < 4.78 is 6.76. The average Bonchev–Trinajstić information content (AvgIpc) is 2.51. The van der Waals surface area contributed by atoms with E-state index in [1.54, 1.807) is 7.05 Å². The predicted molar refractivity (Wildman–Crippen MR) is 100 cm³/mol. The van der Waals surface area contributed by atoms with Crippen LogP contribution in [0.3, 0.4) is 0 Å². The van der Waals surface area contributed by atoms with E-state index in [2.05, 4.69) is 41.5 Å². The van der Waals surface area contributed by atoms with E-state index in [1.165, 1.54) is 12.2 Å². The lowest BCUT2D eigenvalue weighted by Gasteiger charge is -2.46. The molecule has 0 N–H and O–H groups in total. The van der Waals surface area contributed by atoms with Crippen LogP contribution in [0.15, 0.2) is 0 Å². The Morgan fingerprint density at radius 3 is 1.67 bits per heavy atom. The SMILES string of the molecule is CON(C)C(=O)[C@H](C)[C@@H](O[Si](C(C)C)(C(C)C)C(C)C)[C@@H](C)C=O. The number of carbonyl (C=O) groups excluding carboxylic acids is 2. The summed E-state index contributed by atoms with van der Waals surface area (Å²) in [6.07, 6.45) is 0.452. The number of rotatable bonds is 10. The van der Waals surface area contributed by atoms with Crippen molar-refractivity contribution in [3.05, 3.63) is 0 Å². The molecule has 0 bridgehead atoms. The van der Waals surface area contributed by atoms with Crippen molar-refractivity contribution in [2.45, 2.75) is 78.1 Å². The lowest BCUT2D eigenvalue weighted by atomic mass is 9.94. The number of hydrogen-bond acceptors (Lipinski definition) is 4. The summed E-state index contributed by atoms with van der Waals surface area (Å²) in [5.41, 5.74) is 1.17. The lowest BCUT2D eigenvalue weighted by molar-refractivity contribution is -0.176. The number of amides is 1. The largest absolute Gasteiger partial charge is 0.412 e. The van der Waals surface area contributed by atoms with E-state index in [4.69, 9.17) is 9.26 Å². The molecule has 0 aliphatic carbocycles. The molecule has 0 aromatic rings. The minimum Gasteiger partial charge on any atom is -0.412 e. The van der Waals surface area contributed by atoms with Gasteiger partial charge in [-0.3, -0.25) is 9.63 Å². The van der Waals surface area contributed by atoms with Crippen LogP contribution in [0, 0.1) is 11.8 Å². The molecule has 0 aromatic heterocycles. The average molecular weight is 360 g/mol. The monoisotopic (exact) mass is 359 g/mol. The Morgan fingerprint density at radius 2 is 1.38 bits per heavy atom. The second-order valence-corrected chi connectivity index (χ2v) is 13.1. The molecule has 0 heterocycles. The van der Waals surface area contributed by atoms with Crippen LogP contribution >= 0.6 is 0 Å². The fourth-order valence-corrected chi connectivity index (χ4v) is 9.61. The molecule has 142 valence electrons. The van der Waals surface area contributed by atoms with Gasteiger partial charge < -0.3 is 9.22 Å². The smallest absolute Gasteiger partial charge is 0.251 e. The van der Waals surface area contributed by atoms with Crippen LogP contribution in [0.2, 0.25) is 16.6 Å². The molecule has 3 atom stereocenters. The van der Waals surface area contributed by atoms with Gasteiger partial charge in [-0.25, -0.2) is 5.06 Å². The molecule has 1 amide bonds. The minimum atomic E-state index is -2.19. The number of nitrogens with zero attached hydrogens (tertiary/aromatic N) is 1. The molecular formula is C18H37NO4Si. The van der Waals surface area contributed by atoms with Gasteiger partial charge in [0.2, 0.25) is 8.32 Å². The van der Waals surface area contributed by atoms with E-state index in [0.717, 1.165) is 6.29 Å². The normalized spacial score (nSPS) is 16.4. The quantitative estimate of drug-likeness (QED) is 0.336. The molecule has 0 rings (SSSR count). The summed E-state index contributed by atoms with van der Waals surface area (Å²) in [6.45, 7) is 16.8. The van der Waals surface area contributed by atoms with Crippen molar-refractivity contribution in [2.24, 2.45) is 11.8 Å². The zero-order chi connectivity index (χ0) is 19.2. The first-order valence-corrected chi connectivity index (χ1v) is 11.1. The van der Waals surface area contributed by atoms with Crippen molar-refractivity contribution >= 4 is 20.5 Å². The molecule has 0 saturated carbocycles. The molecular weight excluding hydrogens is 322 g/mol. The standard InChI is InChI=1S/C18H37NO4Si/c1-12(2)24(13(3)4,14(5)6)23-17(15(7)11-20)16(8)18(21)19(9)22-10/h11-17H,1-10H3/t15-,16+,17-/m0/s1. The second-order valence-electron chi connectivity index (χ2n) is 7.70. The maximum atomic E-state index is 12.6. The molecule has 5 nitrogen and oxygen atoms in total. The van der Waals surface area contributed by atoms with Crippen molar-refractivity contribution < 1.29 is 18.9 Å². The van der Waals surface area contributed by atoms with Gasteiger partial charge in [0.1, 0.15) is 6.29 Å². The third-order valence-electron chi connectivity index (χ3n) is 5.25. The first-order chi connectivity index (χ1) is 11.0. The summed E-state index contributed by atoms with van der Waals surface area (Å²) in [5, 5.41) is 1.21. The van der Waals surface area contributed by atoms with E-state index >= 15 is 0 Å². The highest BCUT2D eigenvalue weighted by molar-refractivity contribution is 6.77. The van der Waals surface area contributed by atoms with Crippen molar-refractivity contribution in [3.63, 3.8) is 0 Å². The fraction of sp³-hybridized carbons (Fsp3) is 0.889. The second kappa shape index (κ2) is 9.68. The summed E-state index contributed by atoms with van der Waals surface area (Å²) in [7, 11) is 0.846. The van der Waals surface area contributed by atoms with Crippen molar-refractivity contribution in [1.82, 2.24) is 5.06 Å². The topological polar surface area (TPSA) is 55.8 Å². The number of aldehydes is 1. The Bertz CT molecular complexity index is 390. The van der Waals surface area contributed by atoms with Gasteiger partial charge >= 0.3 is 0 Å². The van der Waals surface area contributed by atoms with Gasteiger partial charge in [0.25, 0.3) is 5.91 Å². The Hall–Kier alpha value is -0.723. The van der Waals surface area contributed by atoms with Gasteiger partial charge in [-0.1, -0.05) is 55.4 Å². The maximum absolute atomic E-state index is 12.6. The molecule has 6 heteroatoms. The van der Waals surface area contributed by atoms with Crippen LogP contribution in [0.5, 0.6) is 0 Å². The van der Waals surface area contributed by atoms with Crippen LogP contribution in [-0.2, 0) is 18.9 Å². The van der Waals surface area contributed by atoms with E-state index in [-0.39, 0.29) is 11.8 Å². The van der Waals surface area contributed by atoms with E-state index in [1.807, 2.05) is 13.8 Å². The third-order valence-corrected chi connectivity index (χ3v) is 11.3. The Labute approximate surface area is 149 Å². The molecule has 0 aromatic carbocycles. The van der Waals surface area contributed by atoms with Gasteiger partial charge in [0, 0.05) is 13.0 Å². The molecule has 0 aliphatic heterocycles. The maximum Gasteiger partial charge on any atom is 0.251 e. The Kier molecular flexibility index (Phi) is 9.39. The number of hydroxylamine groups is 2. The van der Waals surface area contributed by atoms with Gasteiger partial charge in [-0.05, 0) is 16.6 Å². The van der Waals surface area contributed by atoms with Crippen LogP contribution in [0.25, 0.3) is 0 Å². The van der Waals surface area contributed by atoms with Crippen molar-refractivity contribution in [1.29, 1.82) is 0 Å². The molecule has 24 heavy (non-hydrogen) atoms. The van der Waals surface area contributed by atoms with Crippen LogP contribution in [0.4, 0.5) is 0 Å². The molecule has 0 radical (unpaired) electrons. The highest BCUT2D eigenvalue weighted by atomic mass is 28.4. The fourth-order valence-electron chi connectivity index (χ4n) is 3.90. The van der Waals surface area contributed by atoms with E-state index in [0.29, 0.717) is 16.6 Å². The Morgan fingerprint density at radius 1 is 0.958 bits per heavy atom. The van der Waals surface area contributed by atoms with Gasteiger partial charge in [-0.15, -0.1) is 0 Å². The van der Waals surface area contributed by atoms with Crippen molar-refractivity contribution in [2.75, 3.05) is 14.2 Å². The molecule has 0 spiro atoms. The molecule has 0 aliphatic rings. The summed E-state index contributed by atoms with van der Waals surface area (Å²) in [5.74, 6) is -0.967.